The van der Waals surface area contributed by atoms with Crippen LogP contribution >= 0.6 is 0 Å². The molecular formula is C28H24N4O4. The molecule has 36 heavy (non-hydrogen) atoms. The Morgan fingerprint density at radius 1 is 1.06 bits per heavy atom. The molecule has 0 spiro atoms. The standard InChI is InChI=1S/C28H24N4O4/c1-28(2,3)36-27(35)24-19(18-9-5-7-16-14-29-12-13-32(24)23(16)18)21-20(25(33)31-26(21)34)17-8-4-6-15-10-11-30-22(15)17/h4-14,19,24,30H,1-3H3,(H,31,33,34). The number of nitrogens with one attached hydrogen (secondary N) is 2. The van der Waals surface area contributed by atoms with Gasteiger partial charge in [-0.05, 0) is 37.8 Å². The zero-order valence-electron chi connectivity index (χ0n) is 20.0. The predicted octanol–water partition coefficient (Wildman–Crippen LogP) is 3.80. The number of H-pyrrole nitrogens is 1. The van der Waals surface area contributed by atoms with Crippen LogP contribution in [0.1, 0.15) is 43.4 Å². The zero-order valence-corrected chi connectivity index (χ0v) is 20.0. The highest BCUT2D eigenvalue weighted by atomic mass is 16.6. The quantitative estimate of drug-likeness (QED) is 0.439. The Kier molecular flexibility index (Phi) is 4.76. The summed E-state index contributed by atoms with van der Waals surface area (Å²) in [6.45, 7) is 5.41. The summed E-state index contributed by atoms with van der Waals surface area (Å²) in [5, 5.41) is 3.40. The van der Waals surface area contributed by atoms with E-state index < -0.39 is 35.3 Å². The van der Waals surface area contributed by atoms with E-state index in [0.29, 0.717) is 5.56 Å². The smallest absolute Gasteiger partial charge is 0.330 e. The molecule has 3 aliphatic rings. The Balaban J connectivity index is 1.63. The number of aromatic nitrogens is 1. The van der Waals surface area contributed by atoms with Crippen LogP contribution in [0.4, 0.5) is 5.69 Å². The van der Waals surface area contributed by atoms with E-state index in [2.05, 4.69) is 15.3 Å². The molecule has 6 rings (SSSR count). The molecule has 0 aliphatic carbocycles. The fraction of sp³-hybridized carbons (Fsp3) is 0.214. The van der Waals surface area contributed by atoms with Gasteiger partial charge in [0, 0.05) is 47.4 Å². The average molecular weight is 481 g/mol. The molecule has 0 saturated heterocycles. The average Bonchev–Trinajstić information content (AvgIpc) is 3.44. The summed E-state index contributed by atoms with van der Waals surface area (Å²) in [5.41, 5.74) is 3.48. The molecule has 0 radical (unpaired) electrons. The highest BCUT2D eigenvalue weighted by molar-refractivity contribution is 6.38. The van der Waals surface area contributed by atoms with Gasteiger partial charge >= 0.3 is 5.97 Å². The molecule has 8 nitrogen and oxygen atoms in total. The maximum Gasteiger partial charge on any atom is 0.330 e. The van der Waals surface area contributed by atoms with E-state index in [0.717, 1.165) is 27.7 Å². The van der Waals surface area contributed by atoms with Crippen LogP contribution in [-0.4, -0.2) is 40.6 Å². The minimum atomic E-state index is -0.900. The number of imide groups is 1. The summed E-state index contributed by atoms with van der Waals surface area (Å²) in [4.78, 5) is 49.7. The third-order valence-electron chi connectivity index (χ3n) is 6.62. The van der Waals surface area contributed by atoms with E-state index in [1.54, 1.807) is 45.6 Å². The van der Waals surface area contributed by atoms with Crippen LogP contribution in [0.3, 0.4) is 0 Å². The fourth-order valence-corrected chi connectivity index (χ4v) is 5.36. The number of ether oxygens (including phenoxy) is 1. The number of carbonyl (C=O) groups is 3. The van der Waals surface area contributed by atoms with Crippen molar-refractivity contribution in [1.82, 2.24) is 10.3 Å². The zero-order chi connectivity index (χ0) is 25.2. The van der Waals surface area contributed by atoms with Gasteiger partial charge in [-0.25, -0.2) is 4.79 Å². The van der Waals surface area contributed by atoms with Crippen molar-refractivity contribution in [2.45, 2.75) is 38.3 Å². The first-order valence-corrected chi connectivity index (χ1v) is 11.7. The van der Waals surface area contributed by atoms with Gasteiger partial charge in [-0.2, -0.15) is 0 Å². The van der Waals surface area contributed by atoms with Gasteiger partial charge in [0.1, 0.15) is 11.6 Å². The van der Waals surface area contributed by atoms with Crippen molar-refractivity contribution >= 4 is 46.2 Å². The highest BCUT2D eigenvalue weighted by Gasteiger charge is 2.51. The molecule has 1 aromatic heterocycles. The van der Waals surface area contributed by atoms with Gasteiger partial charge in [-0.3, -0.25) is 19.9 Å². The Morgan fingerprint density at radius 3 is 2.67 bits per heavy atom. The summed E-state index contributed by atoms with van der Waals surface area (Å²) in [7, 11) is 0. The van der Waals surface area contributed by atoms with Gasteiger partial charge in [-0.1, -0.05) is 36.4 Å². The summed E-state index contributed by atoms with van der Waals surface area (Å²) >= 11 is 0. The SMILES string of the molecule is CC(C)(C)OC(=O)C1C(C2=C(c3cccc4cc[nH]c34)C(=O)NC2=O)c2cccc3c2N1C=CN=C3. The number of nitrogens with zero attached hydrogens (tertiary/aromatic N) is 2. The molecule has 2 unspecified atom stereocenters. The molecule has 2 aromatic carbocycles. The Hall–Kier alpha value is -4.46. The maximum absolute atomic E-state index is 13.7. The lowest BCUT2D eigenvalue weighted by molar-refractivity contribution is -0.156. The Bertz CT molecular complexity index is 1550. The van der Waals surface area contributed by atoms with Gasteiger partial charge in [0.15, 0.2) is 0 Å². The number of benzene rings is 2. The molecule has 2 atom stereocenters. The molecule has 4 heterocycles. The first-order chi connectivity index (χ1) is 17.2. The summed E-state index contributed by atoms with van der Waals surface area (Å²) in [5.74, 6) is -2.22. The fourth-order valence-electron chi connectivity index (χ4n) is 5.36. The van der Waals surface area contributed by atoms with E-state index in [1.807, 2.05) is 47.4 Å². The molecule has 0 saturated carbocycles. The number of carbonyl (C=O) groups excluding carboxylic acids is 3. The largest absolute Gasteiger partial charge is 0.458 e. The normalized spacial score (nSPS) is 20.7. The van der Waals surface area contributed by atoms with E-state index in [-0.39, 0.29) is 11.1 Å². The number of hydrogen-bond donors (Lipinski definition) is 2. The number of esters is 1. The number of amides is 2. The number of hydrogen-bond acceptors (Lipinski definition) is 6. The second-order valence-electron chi connectivity index (χ2n) is 10.0. The Morgan fingerprint density at radius 2 is 1.86 bits per heavy atom. The van der Waals surface area contributed by atoms with Crippen LogP contribution in [0, 0.1) is 0 Å². The predicted molar refractivity (Wildman–Crippen MR) is 136 cm³/mol. The lowest BCUT2D eigenvalue weighted by atomic mass is 9.83. The van der Waals surface area contributed by atoms with Crippen LogP contribution in [0.15, 0.2) is 71.6 Å². The highest BCUT2D eigenvalue weighted by Crippen LogP contribution is 2.50. The lowest BCUT2D eigenvalue weighted by Crippen LogP contribution is -2.43. The van der Waals surface area contributed by atoms with Crippen LogP contribution < -0.4 is 10.2 Å². The molecule has 2 amide bonds. The van der Waals surface area contributed by atoms with Crippen LogP contribution in [0.2, 0.25) is 0 Å². The third-order valence-corrected chi connectivity index (χ3v) is 6.62. The van der Waals surface area contributed by atoms with Crippen molar-refractivity contribution in [2.24, 2.45) is 4.99 Å². The van der Waals surface area contributed by atoms with E-state index in [4.69, 9.17) is 4.74 Å². The number of fused-ring (bicyclic) bond motifs is 1. The first-order valence-electron chi connectivity index (χ1n) is 11.7. The Labute approximate surface area is 207 Å². The second kappa shape index (κ2) is 7.78. The van der Waals surface area contributed by atoms with Crippen molar-refractivity contribution < 1.29 is 19.1 Å². The second-order valence-corrected chi connectivity index (χ2v) is 10.0. The molecule has 3 aromatic rings. The number of aliphatic imine (C=N–C) groups is 1. The van der Waals surface area contributed by atoms with Crippen LogP contribution in [-0.2, 0) is 19.1 Å². The van der Waals surface area contributed by atoms with Gasteiger partial charge in [-0.15, -0.1) is 0 Å². The van der Waals surface area contributed by atoms with Crippen molar-refractivity contribution in [3.05, 3.63) is 83.3 Å². The summed E-state index contributed by atoms with van der Waals surface area (Å²) < 4.78 is 5.84. The molecule has 2 N–H and O–H groups in total. The molecule has 3 aliphatic heterocycles. The van der Waals surface area contributed by atoms with Crippen molar-refractivity contribution in [1.29, 1.82) is 0 Å². The number of aromatic amines is 1. The van der Waals surface area contributed by atoms with Crippen LogP contribution in [0.5, 0.6) is 0 Å². The third kappa shape index (κ3) is 3.29. The van der Waals surface area contributed by atoms with Gasteiger partial charge in [0.2, 0.25) is 0 Å². The molecule has 0 fully saturated rings. The number of para-hydroxylation sites is 2. The van der Waals surface area contributed by atoms with Gasteiger partial charge in [0.05, 0.1) is 16.8 Å². The minimum Gasteiger partial charge on any atom is -0.458 e. The minimum absolute atomic E-state index is 0.254. The van der Waals surface area contributed by atoms with E-state index >= 15 is 0 Å². The first kappa shape index (κ1) is 22.0. The number of rotatable bonds is 3. The van der Waals surface area contributed by atoms with E-state index in [1.165, 1.54) is 0 Å². The van der Waals surface area contributed by atoms with Crippen molar-refractivity contribution in [3.8, 4) is 0 Å². The van der Waals surface area contributed by atoms with Gasteiger partial charge in [0.25, 0.3) is 11.8 Å². The number of anilines is 1. The molecule has 8 heteroatoms. The monoisotopic (exact) mass is 480 g/mol. The summed E-state index contributed by atoms with van der Waals surface area (Å²) in [6.07, 6.45) is 6.85. The van der Waals surface area contributed by atoms with E-state index in [9.17, 15) is 14.4 Å². The van der Waals surface area contributed by atoms with Crippen LogP contribution in [0.25, 0.3) is 16.5 Å². The van der Waals surface area contributed by atoms with Crippen molar-refractivity contribution in [2.75, 3.05) is 4.90 Å². The topological polar surface area (TPSA) is 104 Å². The lowest BCUT2D eigenvalue weighted by Gasteiger charge is -2.30. The van der Waals surface area contributed by atoms with Crippen molar-refractivity contribution in [3.63, 3.8) is 0 Å². The maximum atomic E-state index is 13.7. The molecular weight excluding hydrogens is 456 g/mol. The van der Waals surface area contributed by atoms with Gasteiger partial charge < -0.3 is 14.6 Å². The molecule has 0 bridgehead atoms. The summed E-state index contributed by atoms with van der Waals surface area (Å²) in [6, 6.07) is 12.3. The molecule has 180 valence electrons.